The molecule has 2 aromatic carbocycles. The lowest BCUT2D eigenvalue weighted by Gasteiger charge is -2.21. The highest BCUT2D eigenvalue weighted by molar-refractivity contribution is 7.89. The van der Waals surface area contributed by atoms with Crippen molar-refractivity contribution in [2.45, 2.75) is 17.7 Å². The van der Waals surface area contributed by atoms with Gasteiger partial charge in [0.15, 0.2) is 0 Å². The molecular formula is C21H19N3O4S2. The van der Waals surface area contributed by atoms with Gasteiger partial charge < -0.3 is 10.1 Å². The van der Waals surface area contributed by atoms with Crippen LogP contribution in [0.25, 0.3) is 10.2 Å². The van der Waals surface area contributed by atoms with E-state index in [9.17, 15) is 13.2 Å². The van der Waals surface area contributed by atoms with Crippen LogP contribution in [0.2, 0.25) is 0 Å². The fourth-order valence-electron chi connectivity index (χ4n) is 4.64. The predicted molar refractivity (Wildman–Crippen MR) is 113 cm³/mol. The maximum Gasteiger partial charge on any atom is 0.243 e. The quantitative estimate of drug-likeness (QED) is 0.673. The van der Waals surface area contributed by atoms with Crippen LogP contribution < -0.4 is 10.1 Å². The zero-order chi connectivity index (χ0) is 20.5. The summed E-state index contributed by atoms with van der Waals surface area (Å²) < 4.78 is 34.4. The van der Waals surface area contributed by atoms with Crippen molar-refractivity contribution in [2.75, 3.05) is 25.0 Å². The van der Waals surface area contributed by atoms with Gasteiger partial charge in [0.2, 0.25) is 15.9 Å². The number of benzene rings is 2. The number of hydrogen-bond donors (Lipinski definition) is 1. The largest absolute Gasteiger partial charge is 0.493 e. The standard InChI is InChI=1S/C21H19N3O4S2/c25-20(23-15-1-4-19-17(8-15)22-12-29-19)21-9-14(21)10-24(11-21)30(26,27)16-2-3-18-13(7-16)5-6-28-18/h1-4,7-8,12,14H,5-6,9-11H2,(H,23,25). The highest BCUT2D eigenvalue weighted by Gasteiger charge is 2.66. The minimum atomic E-state index is -3.64. The summed E-state index contributed by atoms with van der Waals surface area (Å²) in [6, 6.07) is 10.7. The average molecular weight is 442 g/mol. The first-order valence-electron chi connectivity index (χ1n) is 9.86. The minimum Gasteiger partial charge on any atom is -0.493 e. The number of aromatic nitrogens is 1. The maximum atomic E-state index is 13.2. The Morgan fingerprint density at radius 3 is 3.07 bits per heavy atom. The molecule has 1 saturated heterocycles. The maximum absolute atomic E-state index is 13.2. The van der Waals surface area contributed by atoms with Crippen molar-refractivity contribution in [1.29, 1.82) is 0 Å². The van der Waals surface area contributed by atoms with Crippen molar-refractivity contribution in [3.8, 4) is 5.75 Å². The molecule has 1 N–H and O–H groups in total. The lowest BCUT2D eigenvalue weighted by Crippen LogP contribution is -2.35. The lowest BCUT2D eigenvalue weighted by molar-refractivity contribution is -0.121. The fourth-order valence-corrected chi connectivity index (χ4v) is 6.90. The van der Waals surface area contributed by atoms with E-state index < -0.39 is 15.4 Å². The Kier molecular flexibility index (Phi) is 3.82. The van der Waals surface area contributed by atoms with Crippen molar-refractivity contribution >= 4 is 43.2 Å². The van der Waals surface area contributed by atoms with Gasteiger partial charge in [-0.05, 0) is 54.3 Å². The fraction of sp³-hybridized carbons (Fsp3) is 0.333. The third-order valence-electron chi connectivity index (χ3n) is 6.45. The van der Waals surface area contributed by atoms with Gasteiger partial charge in [0.25, 0.3) is 0 Å². The minimum absolute atomic E-state index is 0.0630. The van der Waals surface area contributed by atoms with E-state index in [-0.39, 0.29) is 23.3 Å². The highest BCUT2D eigenvalue weighted by atomic mass is 32.2. The Morgan fingerprint density at radius 2 is 2.17 bits per heavy atom. The summed E-state index contributed by atoms with van der Waals surface area (Å²) in [5, 5.41) is 2.98. The number of fused-ring (bicyclic) bond motifs is 3. The number of thiazole rings is 1. The third-order valence-corrected chi connectivity index (χ3v) is 9.07. The van der Waals surface area contributed by atoms with Gasteiger partial charge in [0.05, 0.1) is 32.6 Å². The molecule has 3 aromatic rings. The number of sulfonamides is 1. The molecule has 0 bridgehead atoms. The van der Waals surface area contributed by atoms with Gasteiger partial charge in [0.1, 0.15) is 5.75 Å². The second-order valence-corrected chi connectivity index (χ2v) is 11.0. The predicted octanol–water partition coefficient (Wildman–Crippen LogP) is 2.88. The Morgan fingerprint density at radius 1 is 1.27 bits per heavy atom. The van der Waals surface area contributed by atoms with Gasteiger partial charge in [-0.1, -0.05) is 0 Å². The number of rotatable bonds is 4. The molecule has 154 valence electrons. The SMILES string of the molecule is O=C(Nc1ccc2scnc2c1)C12CC1CN(S(=O)(=O)c1ccc3c(c1)CCO3)C2. The van der Waals surface area contributed by atoms with Gasteiger partial charge in [-0.15, -0.1) is 11.3 Å². The topological polar surface area (TPSA) is 88.6 Å². The summed E-state index contributed by atoms with van der Waals surface area (Å²) >= 11 is 1.55. The van der Waals surface area contributed by atoms with Gasteiger partial charge >= 0.3 is 0 Å². The number of ether oxygens (including phenoxy) is 1. The molecule has 2 fully saturated rings. The molecule has 6 rings (SSSR count). The van der Waals surface area contributed by atoms with Crippen LogP contribution in [-0.2, 0) is 21.2 Å². The van der Waals surface area contributed by atoms with Crippen LogP contribution in [0.3, 0.4) is 0 Å². The van der Waals surface area contributed by atoms with Crippen LogP contribution in [0, 0.1) is 11.3 Å². The van der Waals surface area contributed by atoms with E-state index in [1.165, 1.54) is 4.31 Å². The molecule has 1 aromatic heterocycles. The molecule has 2 atom stereocenters. The van der Waals surface area contributed by atoms with Gasteiger partial charge in [-0.25, -0.2) is 13.4 Å². The number of nitrogens with zero attached hydrogens (tertiary/aromatic N) is 2. The highest BCUT2D eigenvalue weighted by Crippen LogP contribution is 2.59. The van der Waals surface area contributed by atoms with Gasteiger partial charge in [-0.3, -0.25) is 4.79 Å². The summed E-state index contributed by atoms with van der Waals surface area (Å²) in [7, 11) is -3.64. The lowest BCUT2D eigenvalue weighted by atomic mass is 10.1. The molecule has 7 nitrogen and oxygen atoms in total. The Labute approximate surface area is 177 Å². The molecule has 2 aliphatic heterocycles. The van der Waals surface area contributed by atoms with Crippen LogP contribution >= 0.6 is 11.3 Å². The Bertz CT molecular complexity index is 1300. The molecule has 1 aliphatic carbocycles. The van der Waals surface area contributed by atoms with E-state index in [0.29, 0.717) is 18.8 Å². The van der Waals surface area contributed by atoms with Crippen molar-refractivity contribution in [2.24, 2.45) is 11.3 Å². The zero-order valence-electron chi connectivity index (χ0n) is 16.0. The van der Waals surface area contributed by atoms with Crippen LogP contribution in [0.5, 0.6) is 5.75 Å². The number of nitrogens with one attached hydrogen (secondary N) is 1. The molecule has 1 amide bonds. The normalized spacial score (nSPS) is 25.0. The second-order valence-electron chi connectivity index (χ2n) is 8.21. The molecule has 3 aliphatic rings. The monoisotopic (exact) mass is 441 g/mol. The first-order chi connectivity index (χ1) is 14.5. The molecular weight excluding hydrogens is 422 g/mol. The number of hydrogen-bond acceptors (Lipinski definition) is 6. The first kappa shape index (κ1) is 18.3. The van der Waals surface area contributed by atoms with E-state index >= 15 is 0 Å². The summed E-state index contributed by atoms with van der Waals surface area (Å²) in [6.07, 6.45) is 1.44. The van der Waals surface area contributed by atoms with Gasteiger partial charge in [-0.2, -0.15) is 4.31 Å². The molecule has 0 radical (unpaired) electrons. The van der Waals surface area contributed by atoms with Crippen LogP contribution in [0.1, 0.15) is 12.0 Å². The second kappa shape index (κ2) is 6.26. The summed E-state index contributed by atoms with van der Waals surface area (Å²) in [5.41, 5.74) is 3.60. The summed E-state index contributed by atoms with van der Waals surface area (Å²) in [4.78, 5) is 17.6. The van der Waals surface area contributed by atoms with Crippen LogP contribution in [0.15, 0.2) is 46.8 Å². The molecule has 0 spiro atoms. The molecule has 1 saturated carbocycles. The third kappa shape index (κ3) is 2.69. The number of amides is 1. The number of anilines is 1. The van der Waals surface area contributed by atoms with E-state index in [1.54, 1.807) is 35.0 Å². The zero-order valence-corrected chi connectivity index (χ0v) is 17.6. The van der Waals surface area contributed by atoms with E-state index in [1.807, 2.05) is 18.2 Å². The van der Waals surface area contributed by atoms with Gasteiger partial charge in [0, 0.05) is 25.2 Å². The molecule has 9 heteroatoms. The van der Waals surface area contributed by atoms with Crippen molar-refractivity contribution in [1.82, 2.24) is 9.29 Å². The molecule has 3 heterocycles. The van der Waals surface area contributed by atoms with Crippen molar-refractivity contribution in [3.63, 3.8) is 0 Å². The van der Waals surface area contributed by atoms with Crippen LogP contribution in [-0.4, -0.2) is 43.3 Å². The number of carbonyl (C=O) groups excluding carboxylic acids is 1. The Balaban J connectivity index is 1.22. The van der Waals surface area contributed by atoms with Crippen molar-refractivity contribution < 1.29 is 17.9 Å². The van der Waals surface area contributed by atoms with E-state index in [4.69, 9.17) is 4.74 Å². The van der Waals surface area contributed by atoms with E-state index in [2.05, 4.69) is 10.3 Å². The number of carbonyl (C=O) groups is 1. The smallest absolute Gasteiger partial charge is 0.243 e. The first-order valence-corrected chi connectivity index (χ1v) is 12.2. The molecule has 30 heavy (non-hydrogen) atoms. The summed E-state index contributed by atoms with van der Waals surface area (Å²) in [5.74, 6) is 0.710. The summed E-state index contributed by atoms with van der Waals surface area (Å²) in [6.45, 7) is 1.19. The number of piperidine rings is 1. The van der Waals surface area contributed by atoms with Crippen LogP contribution in [0.4, 0.5) is 5.69 Å². The van der Waals surface area contributed by atoms with Crippen molar-refractivity contribution in [3.05, 3.63) is 47.5 Å². The Hall–Kier alpha value is -2.49. The van der Waals surface area contributed by atoms with E-state index in [0.717, 1.165) is 34.4 Å². The molecule has 2 unspecified atom stereocenters. The average Bonchev–Trinajstić information content (AvgIpc) is 3.17.